The maximum Gasteiger partial charge on any atom is 0.239 e. The second kappa shape index (κ2) is 7.14. The van der Waals surface area contributed by atoms with Crippen LogP contribution in [0, 0.1) is 0 Å². The fraction of sp³-hybridized carbons (Fsp3) is 0.562. The summed E-state index contributed by atoms with van der Waals surface area (Å²) in [6.45, 7) is 5.28. The Balaban J connectivity index is 2.06. The van der Waals surface area contributed by atoms with E-state index >= 15 is 0 Å². The predicted molar refractivity (Wildman–Crippen MR) is 87.9 cm³/mol. The minimum absolute atomic E-state index is 0.0580. The minimum Gasteiger partial charge on any atom is -0.364 e. The lowest BCUT2D eigenvalue weighted by Crippen LogP contribution is -2.37. The molecule has 2 rings (SSSR count). The zero-order chi connectivity index (χ0) is 15.4. The first kappa shape index (κ1) is 16.1. The molecule has 1 fully saturated rings. The van der Waals surface area contributed by atoms with Crippen molar-refractivity contribution in [2.75, 3.05) is 18.5 Å². The molecule has 0 aliphatic heterocycles. The van der Waals surface area contributed by atoms with Crippen LogP contribution in [0.2, 0.25) is 5.02 Å². The van der Waals surface area contributed by atoms with E-state index in [0.29, 0.717) is 23.7 Å². The average Bonchev–Trinajstić information content (AvgIpc) is 3.19. The number of likely N-dealkylation sites (N-methyl/N-ethyl adjacent to an activating group) is 1. The molecule has 0 saturated heterocycles. The van der Waals surface area contributed by atoms with Crippen molar-refractivity contribution in [1.82, 2.24) is 10.6 Å². The van der Waals surface area contributed by atoms with Gasteiger partial charge in [0.15, 0.2) is 0 Å². The molecule has 0 bridgehead atoms. The molecule has 116 valence electrons. The first-order valence-corrected chi connectivity index (χ1v) is 7.86. The van der Waals surface area contributed by atoms with Crippen LogP contribution in [0.4, 0.5) is 5.69 Å². The van der Waals surface area contributed by atoms with Crippen LogP contribution in [0.3, 0.4) is 0 Å². The van der Waals surface area contributed by atoms with Crippen molar-refractivity contribution in [3.05, 3.63) is 28.8 Å². The molecule has 4 nitrogen and oxygen atoms in total. The third kappa shape index (κ3) is 4.90. The molecule has 1 amide bonds. The minimum atomic E-state index is 0.0580. The lowest BCUT2D eigenvalue weighted by atomic mass is 10.1. The summed E-state index contributed by atoms with van der Waals surface area (Å²) in [6.07, 6.45) is 2.20. The first-order valence-electron chi connectivity index (χ1n) is 7.48. The molecule has 0 unspecified atom stereocenters. The largest absolute Gasteiger partial charge is 0.364 e. The third-order valence-corrected chi connectivity index (χ3v) is 3.78. The molecule has 1 saturated carbocycles. The van der Waals surface area contributed by atoms with Crippen LogP contribution >= 0.6 is 11.6 Å². The second-order valence-corrected chi connectivity index (χ2v) is 6.39. The number of nitrogens with one attached hydrogen (secondary N) is 2. The van der Waals surface area contributed by atoms with E-state index in [1.54, 1.807) is 0 Å². The number of anilines is 1. The molecule has 2 N–H and O–H groups in total. The SMILES string of the molecule is CC(C)NCc1cccc(Cl)c1N(C)CC(=O)NC1CC1. The molecule has 0 aromatic heterocycles. The number of hydrogen-bond donors (Lipinski definition) is 2. The standard InChI is InChI=1S/C16H24ClN3O/c1-11(2)18-9-12-5-4-6-14(17)16(12)20(3)10-15(21)19-13-7-8-13/h4-6,11,13,18H,7-10H2,1-3H3,(H,19,21). The Kier molecular flexibility index (Phi) is 5.48. The molecule has 5 heteroatoms. The van der Waals surface area contributed by atoms with Gasteiger partial charge in [-0.1, -0.05) is 37.6 Å². The highest BCUT2D eigenvalue weighted by Gasteiger charge is 2.24. The van der Waals surface area contributed by atoms with Crippen molar-refractivity contribution >= 4 is 23.2 Å². The van der Waals surface area contributed by atoms with Crippen molar-refractivity contribution in [1.29, 1.82) is 0 Å². The van der Waals surface area contributed by atoms with Gasteiger partial charge in [-0.2, -0.15) is 0 Å². The van der Waals surface area contributed by atoms with Gasteiger partial charge in [-0.25, -0.2) is 0 Å². The highest BCUT2D eigenvalue weighted by atomic mass is 35.5. The maximum absolute atomic E-state index is 12.0. The summed E-state index contributed by atoms with van der Waals surface area (Å²) in [5, 5.41) is 7.08. The number of nitrogens with zero attached hydrogens (tertiary/aromatic N) is 1. The lowest BCUT2D eigenvalue weighted by molar-refractivity contribution is -0.119. The van der Waals surface area contributed by atoms with Crippen LogP contribution < -0.4 is 15.5 Å². The second-order valence-electron chi connectivity index (χ2n) is 5.98. The van der Waals surface area contributed by atoms with E-state index in [9.17, 15) is 4.79 Å². The Morgan fingerprint density at radius 2 is 2.14 bits per heavy atom. The Morgan fingerprint density at radius 1 is 1.43 bits per heavy atom. The Hall–Kier alpha value is -1.26. The summed E-state index contributed by atoms with van der Waals surface area (Å²) in [5.41, 5.74) is 2.04. The topological polar surface area (TPSA) is 44.4 Å². The van der Waals surface area contributed by atoms with Gasteiger partial charge < -0.3 is 15.5 Å². The molecule has 1 aromatic rings. The molecular formula is C16H24ClN3O. The monoisotopic (exact) mass is 309 g/mol. The molecular weight excluding hydrogens is 286 g/mol. The van der Waals surface area contributed by atoms with E-state index in [1.807, 2.05) is 30.1 Å². The number of para-hydroxylation sites is 1. The third-order valence-electron chi connectivity index (χ3n) is 3.48. The van der Waals surface area contributed by atoms with E-state index in [0.717, 1.165) is 30.6 Å². The van der Waals surface area contributed by atoms with Gasteiger partial charge >= 0.3 is 0 Å². The number of halogens is 1. The average molecular weight is 310 g/mol. The number of amides is 1. The zero-order valence-corrected chi connectivity index (χ0v) is 13.7. The number of carbonyl (C=O) groups excluding carboxylic acids is 1. The smallest absolute Gasteiger partial charge is 0.239 e. The van der Waals surface area contributed by atoms with Crippen LogP contribution in [0.1, 0.15) is 32.3 Å². The van der Waals surface area contributed by atoms with Crippen molar-refractivity contribution in [2.45, 2.75) is 45.3 Å². The quantitative estimate of drug-likeness (QED) is 0.813. The summed E-state index contributed by atoms with van der Waals surface area (Å²) in [7, 11) is 1.91. The van der Waals surface area contributed by atoms with Gasteiger partial charge in [-0.05, 0) is 24.5 Å². The van der Waals surface area contributed by atoms with Crippen molar-refractivity contribution in [2.24, 2.45) is 0 Å². The number of benzene rings is 1. The lowest BCUT2D eigenvalue weighted by Gasteiger charge is -2.24. The molecule has 1 aromatic carbocycles. The number of hydrogen-bond acceptors (Lipinski definition) is 3. The summed E-state index contributed by atoms with van der Waals surface area (Å²) in [6, 6.07) is 6.65. The Labute approximate surface area is 131 Å². The predicted octanol–water partition coefficient (Wildman–Crippen LogP) is 2.55. The van der Waals surface area contributed by atoms with E-state index < -0.39 is 0 Å². The van der Waals surface area contributed by atoms with E-state index in [-0.39, 0.29) is 5.91 Å². The van der Waals surface area contributed by atoms with Crippen LogP contribution in [0.5, 0.6) is 0 Å². The molecule has 0 heterocycles. The van der Waals surface area contributed by atoms with Gasteiger partial charge in [0.2, 0.25) is 5.91 Å². The van der Waals surface area contributed by atoms with Crippen LogP contribution in [-0.2, 0) is 11.3 Å². The number of carbonyl (C=O) groups is 1. The van der Waals surface area contributed by atoms with E-state index in [4.69, 9.17) is 11.6 Å². The van der Waals surface area contributed by atoms with Gasteiger partial charge in [0, 0.05) is 25.7 Å². The van der Waals surface area contributed by atoms with E-state index in [1.165, 1.54) is 0 Å². The summed E-state index contributed by atoms with van der Waals surface area (Å²) in [5.74, 6) is 0.0580. The molecule has 1 aliphatic carbocycles. The van der Waals surface area contributed by atoms with Crippen molar-refractivity contribution in [3.8, 4) is 0 Å². The van der Waals surface area contributed by atoms with Gasteiger partial charge in [-0.3, -0.25) is 4.79 Å². The van der Waals surface area contributed by atoms with Gasteiger partial charge in [0.05, 0.1) is 17.3 Å². The zero-order valence-electron chi connectivity index (χ0n) is 12.9. The molecule has 0 atom stereocenters. The van der Waals surface area contributed by atoms with Crippen molar-refractivity contribution < 1.29 is 4.79 Å². The molecule has 1 aliphatic rings. The van der Waals surface area contributed by atoms with Gasteiger partial charge in [0.1, 0.15) is 0 Å². The fourth-order valence-electron chi connectivity index (χ4n) is 2.24. The van der Waals surface area contributed by atoms with Gasteiger partial charge in [0.25, 0.3) is 0 Å². The molecule has 0 radical (unpaired) electrons. The van der Waals surface area contributed by atoms with Gasteiger partial charge in [-0.15, -0.1) is 0 Å². The van der Waals surface area contributed by atoms with Crippen LogP contribution in [-0.4, -0.2) is 31.6 Å². The fourth-order valence-corrected chi connectivity index (χ4v) is 2.58. The maximum atomic E-state index is 12.0. The van der Waals surface area contributed by atoms with Crippen LogP contribution in [0.25, 0.3) is 0 Å². The Morgan fingerprint density at radius 3 is 2.76 bits per heavy atom. The van der Waals surface area contributed by atoms with Crippen molar-refractivity contribution in [3.63, 3.8) is 0 Å². The summed E-state index contributed by atoms with van der Waals surface area (Å²) < 4.78 is 0. The highest BCUT2D eigenvalue weighted by molar-refractivity contribution is 6.33. The number of rotatable bonds is 7. The molecule has 21 heavy (non-hydrogen) atoms. The van der Waals surface area contributed by atoms with E-state index in [2.05, 4.69) is 24.5 Å². The normalized spacial score (nSPS) is 14.3. The summed E-state index contributed by atoms with van der Waals surface area (Å²) >= 11 is 6.34. The van der Waals surface area contributed by atoms with Crippen LogP contribution in [0.15, 0.2) is 18.2 Å². The first-order chi connectivity index (χ1) is 9.97. The Bertz CT molecular complexity index is 500. The molecule has 0 spiro atoms. The summed E-state index contributed by atoms with van der Waals surface area (Å²) in [4.78, 5) is 13.9. The highest BCUT2D eigenvalue weighted by Crippen LogP contribution is 2.29.